The van der Waals surface area contributed by atoms with E-state index in [2.05, 4.69) is 0 Å². The molecule has 0 fully saturated rings. The standard InChI is InChI=1S/C11H10NO.HI/c1-9(13)12-8-4-6-10-5-2-3-7-11(10)12;/h2-8H,1H3;1H/q+1;/p-1. The number of carbonyl (C=O) groups excluding carboxylic acids is 1. The van der Waals surface area contributed by atoms with Crippen molar-refractivity contribution >= 4 is 16.8 Å². The number of fused-ring (bicyclic) bond motifs is 1. The first kappa shape index (κ1) is 11.1. The van der Waals surface area contributed by atoms with E-state index in [1.807, 2.05) is 36.4 Å². The van der Waals surface area contributed by atoms with E-state index in [4.69, 9.17) is 0 Å². The molecule has 72 valence electrons. The van der Waals surface area contributed by atoms with Crippen molar-refractivity contribution in [2.75, 3.05) is 0 Å². The van der Waals surface area contributed by atoms with Crippen LogP contribution in [0, 0.1) is 0 Å². The Balaban J connectivity index is 0.000000980. The quantitative estimate of drug-likeness (QED) is 0.442. The number of hydrogen-bond acceptors (Lipinski definition) is 1. The van der Waals surface area contributed by atoms with Crippen LogP contribution in [0.25, 0.3) is 10.9 Å². The van der Waals surface area contributed by atoms with Crippen LogP contribution >= 0.6 is 0 Å². The average Bonchev–Trinajstić information content (AvgIpc) is 2.17. The Hall–Kier alpha value is -0.970. The summed E-state index contributed by atoms with van der Waals surface area (Å²) in [5.74, 6) is 0.0387. The number of nitrogens with zero attached hydrogens (tertiary/aromatic N) is 1. The summed E-state index contributed by atoms with van der Waals surface area (Å²) in [6, 6.07) is 11.7. The van der Waals surface area contributed by atoms with Gasteiger partial charge in [0, 0.05) is 17.5 Å². The van der Waals surface area contributed by atoms with Crippen LogP contribution in [0.1, 0.15) is 11.7 Å². The second-order valence-corrected chi connectivity index (χ2v) is 2.96. The first-order valence-electron chi connectivity index (χ1n) is 4.19. The highest BCUT2D eigenvalue weighted by molar-refractivity contribution is 5.79. The zero-order valence-electron chi connectivity index (χ0n) is 7.77. The van der Waals surface area contributed by atoms with E-state index in [-0.39, 0.29) is 29.9 Å². The van der Waals surface area contributed by atoms with Gasteiger partial charge in [-0.3, -0.25) is 0 Å². The molecule has 1 aromatic carbocycles. The van der Waals surface area contributed by atoms with Gasteiger partial charge in [0.2, 0.25) is 5.52 Å². The van der Waals surface area contributed by atoms with Gasteiger partial charge in [0.1, 0.15) is 0 Å². The molecule has 0 N–H and O–H groups in total. The van der Waals surface area contributed by atoms with Gasteiger partial charge in [-0.15, -0.1) is 4.57 Å². The molecule has 1 aromatic heterocycles. The molecule has 0 saturated heterocycles. The molecule has 0 unspecified atom stereocenters. The van der Waals surface area contributed by atoms with Crippen LogP contribution in [0.2, 0.25) is 0 Å². The number of hydrogen-bond donors (Lipinski definition) is 0. The first-order valence-corrected chi connectivity index (χ1v) is 4.19. The third-order valence-electron chi connectivity index (χ3n) is 2.05. The van der Waals surface area contributed by atoms with Crippen LogP contribution in [-0.2, 0) is 0 Å². The van der Waals surface area contributed by atoms with Crippen molar-refractivity contribution < 1.29 is 33.3 Å². The lowest BCUT2D eigenvalue weighted by Gasteiger charge is -1.94. The Kier molecular flexibility index (Phi) is 3.57. The van der Waals surface area contributed by atoms with Crippen LogP contribution < -0.4 is 28.5 Å². The van der Waals surface area contributed by atoms with Crippen molar-refractivity contribution in [3.05, 3.63) is 42.6 Å². The molecule has 0 amide bonds. The summed E-state index contributed by atoms with van der Waals surface area (Å²) >= 11 is 0. The monoisotopic (exact) mass is 299 g/mol. The minimum atomic E-state index is 0. The molecule has 0 bridgehead atoms. The third-order valence-corrected chi connectivity index (χ3v) is 2.05. The third kappa shape index (κ3) is 1.92. The lowest BCUT2D eigenvalue weighted by Crippen LogP contribution is -3.00. The van der Waals surface area contributed by atoms with E-state index in [0.717, 1.165) is 10.9 Å². The van der Waals surface area contributed by atoms with Crippen molar-refractivity contribution in [3.8, 4) is 0 Å². The van der Waals surface area contributed by atoms with Crippen molar-refractivity contribution in [1.29, 1.82) is 0 Å². The average molecular weight is 299 g/mol. The molecule has 0 aliphatic rings. The van der Waals surface area contributed by atoms with Gasteiger partial charge >= 0.3 is 5.91 Å². The van der Waals surface area contributed by atoms with E-state index in [1.54, 1.807) is 17.7 Å². The van der Waals surface area contributed by atoms with Gasteiger partial charge in [0.05, 0.1) is 6.92 Å². The Morgan fingerprint density at radius 3 is 2.50 bits per heavy atom. The predicted molar refractivity (Wildman–Crippen MR) is 50.4 cm³/mol. The largest absolute Gasteiger partial charge is 1.00 e. The van der Waals surface area contributed by atoms with Gasteiger partial charge in [-0.05, 0) is 12.1 Å². The minimum absolute atomic E-state index is 0. The van der Waals surface area contributed by atoms with Gasteiger partial charge in [0.25, 0.3) is 0 Å². The van der Waals surface area contributed by atoms with Crippen LogP contribution in [0.15, 0.2) is 42.6 Å². The molecular weight excluding hydrogens is 289 g/mol. The van der Waals surface area contributed by atoms with Crippen LogP contribution in [0.5, 0.6) is 0 Å². The fourth-order valence-corrected chi connectivity index (χ4v) is 1.44. The second kappa shape index (κ2) is 4.50. The van der Waals surface area contributed by atoms with Gasteiger partial charge in [-0.25, -0.2) is 4.79 Å². The Morgan fingerprint density at radius 2 is 1.79 bits per heavy atom. The maximum absolute atomic E-state index is 11.2. The summed E-state index contributed by atoms with van der Waals surface area (Å²) in [6.07, 6.45) is 1.78. The van der Waals surface area contributed by atoms with Crippen molar-refractivity contribution in [2.24, 2.45) is 0 Å². The molecular formula is C11H10INO. The predicted octanol–water partition coefficient (Wildman–Crippen LogP) is -1.21. The van der Waals surface area contributed by atoms with Crippen molar-refractivity contribution in [2.45, 2.75) is 6.92 Å². The molecule has 0 aliphatic carbocycles. The van der Waals surface area contributed by atoms with Gasteiger partial charge in [-0.2, -0.15) is 0 Å². The molecule has 0 spiro atoms. The maximum atomic E-state index is 11.2. The van der Waals surface area contributed by atoms with Crippen LogP contribution in [0.4, 0.5) is 0 Å². The highest BCUT2D eigenvalue weighted by Crippen LogP contribution is 2.07. The molecule has 0 aliphatic heterocycles. The number of benzene rings is 1. The molecule has 2 rings (SSSR count). The van der Waals surface area contributed by atoms with E-state index >= 15 is 0 Å². The van der Waals surface area contributed by atoms with E-state index in [0.29, 0.717) is 0 Å². The zero-order chi connectivity index (χ0) is 9.26. The van der Waals surface area contributed by atoms with Gasteiger partial charge in [0.15, 0.2) is 6.20 Å². The van der Waals surface area contributed by atoms with Gasteiger partial charge < -0.3 is 24.0 Å². The second-order valence-electron chi connectivity index (χ2n) is 2.96. The normalized spacial score (nSPS) is 9.50. The Morgan fingerprint density at radius 1 is 1.14 bits per heavy atom. The number of pyridine rings is 1. The SMILES string of the molecule is CC(=O)[n+]1cccc2ccccc21.[I-]. The van der Waals surface area contributed by atoms with Crippen LogP contribution in [0.3, 0.4) is 0 Å². The summed E-state index contributed by atoms with van der Waals surface area (Å²) < 4.78 is 1.65. The summed E-state index contributed by atoms with van der Waals surface area (Å²) in [7, 11) is 0. The molecule has 2 nitrogen and oxygen atoms in total. The number of rotatable bonds is 0. The molecule has 1 heterocycles. The number of aromatic nitrogens is 1. The summed E-state index contributed by atoms with van der Waals surface area (Å²) in [5, 5.41) is 1.08. The zero-order valence-corrected chi connectivity index (χ0v) is 9.93. The highest BCUT2D eigenvalue weighted by Gasteiger charge is 2.11. The molecule has 0 atom stereocenters. The minimum Gasteiger partial charge on any atom is -1.00 e. The molecule has 0 saturated carbocycles. The maximum Gasteiger partial charge on any atom is 0.389 e. The molecule has 14 heavy (non-hydrogen) atoms. The Labute approximate surface area is 99.6 Å². The molecule has 0 radical (unpaired) electrons. The molecule has 2 aromatic rings. The number of para-hydroxylation sites is 1. The van der Waals surface area contributed by atoms with Crippen LogP contribution in [-0.4, -0.2) is 5.91 Å². The summed E-state index contributed by atoms with van der Waals surface area (Å²) in [4.78, 5) is 11.2. The summed E-state index contributed by atoms with van der Waals surface area (Å²) in [6.45, 7) is 1.56. The smallest absolute Gasteiger partial charge is 0.389 e. The van der Waals surface area contributed by atoms with Gasteiger partial charge in [-0.1, -0.05) is 12.1 Å². The fraction of sp³-hybridized carbons (Fsp3) is 0.0909. The highest BCUT2D eigenvalue weighted by atomic mass is 127. The number of halogens is 1. The topological polar surface area (TPSA) is 20.9 Å². The Bertz CT molecular complexity index is 462. The van der Waals surface area contributed by atoms with E-state index in [9.17, 15) is 4.79 Å². The number of carbonyl (C=O) groups is 1. The lowest BCUT2D eigenvalue weighted by atomic mass is 10.2. The van der Waals surface area contributed by atoms with E-state index in [1.165, 1.54) is 0 Å². The van der Waals surface area contributed by atoms with Crippen molar-refractivity contribution in [1.82, 2.24) is 0 Å². The molecule has 3 heteroatoms. The fourth-order valence-electron chi connectivity index (χ4n) is 1.44. The lowest BCUT2D eigenvalue weighted by molar-refractivity contribution is -0.544. The van der Waals surface area contributed by atoms with E-state index < -0.39 is 0 Å². The first-order chi connectivity index (χ1) is 6.29. The summed E-state index contributed by atoms with van der Waals surface area (Å²) in [5.41, 5.74) is 0.956. The van der Waals surface area contributed by atoms with Crippen molar-refractivity contribution in [3.63, 3.8) is 0 Å².